The van der Waals surface area contributed by atoms with Gasteiger partial charge >= 0.3 is 0 Å². The van der Waals surface area contributed by atoms with Gasteiger partial charge in [0.05, 0.1) is 17.7 Å². The molecule has 0 aliphatic carbocycles. The molecule has 5 heteroatoms. The van der Waals surface area contributed by atoms with Gasteiger partial charge in [-0.25, -0.2) is 13.8 Å². The van der Waals surface area contributed by atoms with Crippen LogP contribution >= 0.6 is 0 Å². The Balaban J connectivity index is 2.63. The van der Waals surface area contributed by atoms with E-state index >= 15 is 0 Å². The molecule has 0 unspecified atom stereocenters. The molecule has 0 fully saturated rings. The number of nitrogens with zero attached hydrogens (tertiary/aromatic N) is 2. The van der Waals surface area contributed by atoms with Gasteiger partial charge in [-0.1, -0.05) is 0 Å². The van der Waals surface area contributed by atoms with Crippen molar-refractivity contribution in [2.24, 2.45) is 0 Å². The molecule has 1 aromatic heterocycles. The predicted molar refractivity (Wildman–Crippen MR) is 62.4 cm³/mol. The largest absolute Gasteiger partial charge is 0.399 e. The highest BCUT2D eigenvalue weighted by Gasteiger charge is 2.16. The van der Waals surface area contributed by atoms with Crippen LogP contribution < -0.4 is 5.73 Å². The third kappa shape index (κ3) is 2.00. The third-order valence-electron chi connectivity index (χ3n) is 2.80. The summed E-state index contributed by atoms with van der Waals surface area (Å²) in [6, 6.07) is 4.50. The lowest BCUT2D eigenvalue weighted by Gasteiger charge is -2.12. The molecule has 2 aromatic rings. The minimum Gasteiger partial charge on any atom is -0.399 e. The van der Waals surface area contributed by atoms with E-state index in [-0.39, 0.29) is 5.56 Å². The number of aryl methyl sites for hydroxylation is 1. The van der Waals surface area contributed by atoms with E-state index < -0.39 is 6.43 Å². The van der Waals surface area contributed by atoms with Crippen LogP contribution in [0.4, 0.5) is 14.5 Å². The number of nitrogens with two attached hydrogens (primary N) is 1. The zero-order chi connectivity index (χ0) is 12.6. The monoisotopic (exact) mass is 237 g/mol. The lowest BCUT2D eigenvalue weighted by molar-refractivity contribution is 0.151. The number of anilines is 1. The third-order valence-corrected chi connectivity index (χ3v) is 2.80. The number of imidazole rings is 1. The molecular weight excluding hydrogens is 224 g/mol. The molecule has 1 aromatic carbocycles. The van der Waals surface area contributed by atoms with E-state index in [1.165, 1.54) is 6.07 Å². The average molecular weight is 237 g/mol. The molecule has 2 rings (SSSR count). The van der Waals surface area contributed by atoms with Crippen molar-refractivity contribution < 1.29 is 8.78 Å². The number of rotatable bonds is 2. The van der Waals surface area contributed by atoms with E-state index in [1.807, 2.05) is 13.8 Å². The fourth-order valence-corrected chi connectivity index (χ4v) is 1.71. The lowest BCUT2D eigenvalue weighted by Crippen LogP contribution is -2.02. The molecule has 2 N–H and O–H groups in total. The highest BCUT2D eigenvalue weighted by Crippen LogP contribution is 2.28. The number of nitrogen functional groups attached to an aromatic ring is 1. The van der Waals surface area contributed by atoms with Crippen LogP contribution in [-0.2, 0) is 0 Å². The summed E-state index contributed by atoms with van der Waals surface area (Å²) in [5, 5.41) is 0. The number of halogens is 2. The highest BCUT2D eigenvalue weighted by atomic mass is 19.3. The van der Waals surface area contributed by atoms with Gasteiger partial charge in [0.1, 0.15) is 0 Å². The van der Waals surface area contributed by atoms with Gasteiger partial charge in [0.15, 0.2) is 0 Å². The predicted octanol–water partition coefficient (Wildman–Crippen LogP) is 3.01. The highest BCUT2D eigenvalue weighted by molar-refractivity contribution is 5.52. The Labute approximate surface area is 97.9 Å². The number of benzene rings is 1. The maximum absolute atomic E-state index is 12.9. The summed E-state index contributed by atoms with van der Waals surface area (Å²) in [6.07, 6.45) is -1.02. The van der Waals surface area contributed by atoms with Gasteiger partial charge in [0.25, 0.3) is 6.43 Å². The van der Waals surface area contributed by atoms with Crippen molar-refractivity contribution >= 4 is 5.69 Å². The summed E-state index contributed by atoms with van der Waals surface area (Å²) in [4.78, 5) is 4.10. The van der Waals surface area contributed by atoms with Crippen LogP contribution in [-0.4, -0.2) is 9.55 Å². The maximum Gasteiger partial charge on any atom is 0.265 e. The zero-order valence-electron chi connectivity index (χ0n) is 9.61. The van der Waals surface area contributed by atoms with Crippen molar-refractivity contribution in [1.82, 2.24) is 9.55 Å². The molecule has 0 spiro atoms. The van der Waals surface area contributed by atoms with Gasteiger partial charge in [0.2, 0.25) is 0 Å². The Kier molecular flexibility index (Phi) is 2.83. The maximum atomic E-state index is 12.9. The fraction of sp³-hybridized carbons (Fsp3) is 0.250. The van der Waals surface area contributed by atoms with Crippen molar-refractivity contribution in [1.29, 1.82) is 0 Å². The molecule has 0 saturated heterocycles. The van der Waals surface area contributed by atoms with Gasteiger partial charge in [-0.3, -0.25) is 0 Å². The molecular formula is C12H13F2N3. The van der Waals surface area contributed by atoms with Gasteiger partial charge in [-0.05, 0) is 32.0 Å². The number of hydrogen-bond acceptors (Lipinski definition) is 2. The quantitative estimate of drug-likeness (QED) is 0.816. The van der Waals surface area contributed by atoms with E-state index in [1.54, 1.807) is 23.0 Å². The van der Waals surface area contributed by atoms with Gasteiger partial charge < -0.3 is 10.3 Å². The van der Waals surface area contributed by atoms with Crippen molar-refractivity contribution in [3.63, 3.8) is 0 Å². The second-order valence-corrected chi connectivity index (χ2v) is 3.90. The standard InChI is InChI=1S/C12H13F2N3/c1-7-8(2)17(6-16-7)11-4-3-9(15)5-10(11)12(13)14/h3-6,12H,15H2,1-2H3. The van der Waals surface area contributed by atoms with Crippen molar-refractivity contribution in [2.45, 2.75) is 20.3 Å². The average Bonchev–Trinajstić information content (AvgIpc) is 2.60. The van der Waals surface area contributed by atoms with Crippen molar-refractivity contribution in [2.75, 3.05) is 5.73 Å². The topological polar surface area (TPSA) is 43.8 Å². The van der Waals surface area contributed by atoms with Crippen molar-refractivity contribution in [3.05, 3.63) is 41.5 Å². The second kappa shape index (κ2) is 4.16. The normalized spacial score (nSPS) is 11.1. The molecule has 0 saturated carbocycles. The second-order valence-electron chi connectivity index (χ2n) is 3.90. The Morgan fingerprint density at radius 3 is 2.53 bits per heavy atom. The first-order chi connectivity index (χ1) is 8.00. The lowest BCUT2D eigenvalue weighted by atomic mass is 10.1. The molecule has 0 atom stereocenters. The van der Waals surface area contributed by atoms with E-state index in [0.29, 0.717) is 11.4 Å². The molecule has 0 aliphatic heterocycles. The smallest absolute Gasteiger partial charge is 0.265 e. The Hall–Kier alpha value is -1.91. The van der Waals surface area contributed by atoms with Crippen LogP contribution in [0.25, 0.3) is 5.69 Å². The SMILES string of the molecule is Cc1ncn(-c2ccc(N)cc2C(F)F)c1C. The van der Waals surface area contributed by atoms with E-state index in [9.17, 15) is 8.78 Å². The number of hydrogen-bond donors (Lipinski definition) is 1. The Morgan fingerprint density at radius 2 is 2.00 bits per heavy atom. The molecule has 0 aliphatic rings. The van der Waals surface area contributed by atoms with Crippen LogP contribution in [0.5, 0.6) is 0 Å². The number of aromatic nitrogens is 2. The Morgan fingerprint density at radius 1 is 1.29 bits per heavy atom. The molecule has 0 radical (unpaired) electrons. The summed E-state index contributed by atoms with van der Waals surface area (Å²) in [5.41, 5.74) is 7.87. The van der Waals surface area contributed by atoms with E-state index in [4.69, 9.17) is 5.73 Å². The molecule has 0 amide bonds. The molecule has 1 heterocycles. The molecule has 90 valence electrons. The van der Waals surface area contributed by atoms with Crippen LogP contribution in [0.3, 0.4) is 0 Å². The summed E-state index contributed by atoms with van der Waals surface area (Å²) in [5.74, 6) is 0. The fourth-order valence-electron chi connectivity index (χ4n) is 1.71. The van der Waals surface area contributed by atoms with E-state index in [2.05, 4.69) is 4.98 Å². The van der Waals surface area contributed by atoms with Crippen LogP contribution in [0, 0.1) is 13.8 Å². The number of alkyl halides is 2. The summed E-state index contributed by atoms with van der Waals surface area (Å²) in [7, 11) is 0. The van der Waals surface area contributed by atoms with Crippen molar-refractivity contribution in [3.8, 4) is 5.69 Å². The molecule has 17 heavy (non-hydrogen) atoms. The van der Waals surface area contributed by atoms with E-state index in [0.717, 1.165) is 11.4 Å². The summed E-state index contributed by atoms with van der Waals surface area (Å²) >= 11 is 0. The van der Waals surface area contributed by atoms with Gasteiger partial charge in [0, 0.05) is 16.9 Å². The first kappa shape index (κ1) is 11.6. The first-order valence-corrected chi connectivity index (χ1v) is 5.19. The van der Waals surface area contributed by atoms with Crippen LogP contribution in [0.15, 0.2) is 24.5 Å². The molecule has 3 nitrogen and oxygen atoms in total. The van der Waals surface area contributed by atoms with Gasteiger partial charge in [-0.15, -0.1) is 0 Å². The van der Waals surface area contributed by atoms with Crippen LogP contribution in [0.1, 0.15) is 23.4 Å². The molecule has 0 bridgehead atoms. The first-order valence-electron chi connectivity index (χ1n) is 5.19. The Bertz CT molecular complexity index is 547. The van der Waals surface area contributed by atoms with Crippen LogP contribution in [0.2, 0.25) is 0 Å². The minimum atomic E-state index is -2.56. The summed E-state index contributed by atoms with van der Waals surface area (Å²) in [6.45, 7) is 3.68. The zero-order valence-corrected chi connectivity index (χ0v) is 9.61. The summed E-state index contributed by atoms with van der Waals surface area (Å²) < 4.78 is 27.5. The minimum absolute atomic E-state index is 0.0782. The van der Waals surface area contributed by atoms with Gasteiger partial charge in [-0.2, -0.15) is 0 Å².